The van der Waals surface area contributed by atoms with E-state index in [9.17, 15) is 0 Å². The molecule has 0 aliphatic carbocycles. The molecule has 1 aliphatic rings. The average molecular weight is 172 g/mol. The molecule has 1 saturated heterocycles. The van der Waals surface area contributed by atoms with Gasteiger partial charge in [0, 0.05) is 6.61 Å². The maximum atomic E-state index is 8.80. The third-order valence-corrected chi connectivity index (χ3v) is 1.91. The Balaban J connectivity index is 2.22. The van der Waals surface area contributed by atoms with Crippen LogP contribution in [0.3, 0.4) is 0 Å². The van der Waals surface area contributed by atoms with E-state index in [1.807, 2.05) is 0 Å². The zero-order valence-corrected chi connectivity index (χ0v) is 7.24. The zero-order chi connectivity index (χ0) is 8.81. The SMILES string of the molecule is C=CC(CO)OC1CCCCO1. The van der Waals surface area contributed by atoms with E-state index in [2.05, 4.69) is 6.58 Å². The first-order valence-corrected chi connectivity index (χ1v) is 4.37. The Morgan fingerprint density at radius 2 is 2.50 bits per heavy atom. The van der Waals surface area contributed by atoms with Crippen LogP contribution in [0.2, 0.25) is 0 Å². The summed E-state index contributed by atoms with van der Waals surface area (Å²) in [4.78, 5) is 0. The molecule has 0 aromatic rings. The molecule has 0 saturated carbocycles. The second-order valence-corrected chi connectivity index (χ2v) is 2.89. The lowest BCUT2D eigenvalue weighted by Gasteiger charge is -2.25. The minimum absolute atomic E-state index is 0.0244. The van der Waals surface area contributed by atoms with Crippen molar-refractivity contribution in [3.05, 3.63) is 12.7 Å². The van der Waals surface area contributed by atoms with Crippen molar-refractivity contribution in [3.63, 3.8) is 0 Å². The number of rotatable bonds is 4. The highest BCUT2D eigenvalue weighted by Crippen LogP contribution is 2.15. The van der Waals surface area contributed by atoms with Gasteiger partial charge in [-0.1, -0.05) is 6.08 Å². The highest BCUT2D eigenvalue weighted by molar-refractivity contribution is 4.79. The van der Waals surface area contributed by atoms with E-state index in [0.29, 0.717) is 0 Å². The van der Waals surface area contributed by atoms with Crippen molar-refractivity contribution in [1.82, 2.24) is 0 Å². The van der Waals surface area contributed by atoms with Crippen LogP contribution < -0.4 is 0 Å². The van der Waals surface area contributed by atoms with Crippen molar-refractivity contribution in [2.75, 3.05) is 13.2 Å². The topological polar surface area (TPSA) is 38.7 Å². The van der Waals surface area contributed by atoms with Crippen LogP contribution in [-0.4, -0.2) is 30.7 Å². The van der Waals surface area contributed by atoms with Crippen molar-refractivity contribution in [2.45, 2.75) is 31.7 Å². The van der Waals surface area contributed by atoms with Crippen molar-refractivity contribution in [1.29, 1.82) is 0 Å². The molecule has 0 bridgehead atoms. The summed E-state index contributed by atoms with van der Waals surface area (Å²) in [6.07, 6.45) is 4.34. The Labute approximate surface area is 73.0 Å². The van der Waals surface area contributed by atoms with Gasteiger partial charge in [0.1, 0.15) is 6.10 Å². The predicted octanol–water partition coefficient (Wildman–Crippen LogP) is 1.08. The molecule has 1 heterocycles. The Hall–Kier alpha value is -0.380. The van der Waals surface area contributed by atoms with Gasteiger partial charge in [0.2, 0.25) is 0 Å². The Morgan fingerprint density at radius 3 is 3.00 bits per heavy atom. The van der Waals surface area contributed by atoms with E-state index < -0.39 is 0 Å². The molecule has 1 fully saturated rings. The third-order valence-electron chi connectivity index (χ3n) is 1.91. The molecule has 1 N–H and O–H groups in total. The number of hydrogen-bond donors (Lipinski definition) is 1. The summed E-state index contributed by atoms with van der Waals surface area (Å²) in [6, 6.07) is 0. The Morgan fingerprint density at radius 1 is 1.67 bits per heavy atom. The van der Waals surface area contributed by atoms with Crippen molar-refractivity contribution >= 4 is 0 Å². The standard InChI is InChI=1S/C9H16O3/c1-2-8(7-10)12-9-5-3-4-6-11-9/h2,8-10H,1,3-7H2. The van der Waals surface area contributed by atoms with Crippen molar-refractivity contribution in [3.8, 4) is 0 Å². The van der Waals surface area contributed by atoms with Gasteiger partial charge < -0.3 is 14.6 Å². The predicted molar refractivity (Wildman–Crippen MR) is 45.7 cm³/mol. The molecule has 3 nitrogen and oxygen atoms in total. The maximum absolute atomic E-state index is 8.80. The quantitative estimate of drug-likeness (QED) is 0.645. The Kier molecular flexibility index (Phi) is 4.29. The molecule has 0 aromatic carbocycles. The molecule has 2 atom stereocenters. The maximum Gasteiger partial charge on any atom is 0.158 e. The van der Waals surface area contributed by atoms with E-state index in [1.165, 1.54) is 0 Å². The second kappa shape index (κ2) is 5.30. The first-order chi connectivity index (χ1) is 5.86. The summed E-state index contributed by atoms with van der Waals surface area (Å²) in [6.45, 7) is 4.30. The van der Waals surface area contributed by atoms with Crippen LogP contribution in [0, 0.1) is 0 Å². The smallest absolute Gasteiger partial charge is 0.158 e. The number of aliphatic hydroxyl groups excluding tert-OH is 1. The fourth-order valence-corrected chi connectivity index (χ4v) is 1.19. The van der Waals surface area contributed by atoms with Crippen molar-refractivity contribution < 1.29 is 14.6 Å². The summed E-state index contributed by atoms with van der Waals surface area (Å²) in [5.41, 5.74) is 0. The van der Waals surface area contributed by atoms with Gasteiger partial charge in [-0.3, -0.25) is 0 Å². The lowest BCUT2D eigenvalue weighted by Crippen LogP contribution is -2.28. The van der Waals surface area contributed by atoms with E-state index in [-0.39, 0.29) is 19.0 Å². The largest absolute Gasteiger partial charge is 0.393 e. The van der Waals surface area contributed by atoms with Crippen LogP contribution in [0.5, 0.6) is 0 Å². The van der Waals surface area contributed by atoms with Crippen LogP contribution in [0.1, 0.15) is 19.3 Å². The van der Waals surface area contributed by atoms with Crippen LogP contribution in [0.15, 0.2) is 12.7 Å². The summed E-state index contributed by atoms with van der Waals surface area (Å²) in [5.74, 6) is 0. The minimum Gasteiger partial charge on any atom is -0.393 e. The van der Waals surface area contributed by atoms with Crippen LogP contribution in [0.25, 0.3) is 0 Å². The van der Waals surface area contributed by atoms with Gasteiger partial charge in [-0.2, -0.15) is 0 Å². The van der Waals surface area contributed by atoms with Gasteiger partial charge in [0.05, 0.1) is 6.61 Å². The highest BCUT2D eigenvalue weighted by Gasteiger charge is 2.17. The van der Waals surface area contributed by atoms with Gasteiger partial charge in [0.25, 0.3) is 0 Å². The van der Waals surface area contributed by atoms with Gasteiger partial charge in [-0.05, 0) is 19.3 Å². The molecule has 2 unspecified atom stereocenters. The molecular weight excluding hydrogens is 156 g/mol. The third kappa shape index (κ3) is 2.93. The van der Waals surface area contributed by atoms with Gasteiger partial charge in [0.15, 0.2) is 6.29 Å². The number of hydrogen-bond acceptors (Lipinski definition) is 3. The normalized spacial score (nSPS) is 26.6. The first-order valence-electron chi connectivity index (χ1n) is 4.37. The summed E-state index contributed by atoms with van der Waals surface area (Å²) in [7, 11) is 0. The van der Waals surface area contributed by atoms with Crippen LogP contribution in [-0.2, 0) is 9.47 Å². The van der Waals surface area contributed by atoms with E-state index >= 15 is 0 Å². The van der Waals surface area contributed by atoms with E-state index in [1.54, 1.807) is 6.08 Å². The number of aliphatic hydroxyl groups is 1. The lowest BCUT2D eigenvalue weighted by molar-refractivity contribution is -0.184. The Bertz CT molecular complexity index is 130. The van der Waals surface area contributed by atoms with Gasteiger partial charge in [-0.15, -0.1) is 6.58 Å². The average Bonchev–Trinajstić information content (AvgIpc) is 2.16. The molecule has 0 spiro atoms. The summed E-state index contributed by atoms with van der Waals surface area (Å²) >= 11 is 0. The fraction of sp³-hybridized carbons (Fsp3) is 0.778. The molecule has 0 radical (unpaired) electrons. The number of ether oxygens (including phenoxy) is 2. The van der Waals surface area contributed by atoms with E-state index in [4.69, 9.17) is 14.6 Å². The first kappa shape index (κ1) is 9.71. The van der Waals surface area contributed by atoms with Crippen LogP contribution >= 0.6 is 0 Å². The van der Waals surface area contributed by atoms with Gasteiger partial charge in [-0.25, -0.2) is 0 Å². The summed E-state index contributed by atoms with van der Waals surface area (Å²) in [5, 5.41) is 8.80. The van der Waals surface area contributed by atoms with E-state index in [0.717, 1.165) is 25.9 Å². The molecular formula is C9H16O3. The van der Waals surface area contributed by atoms with Crippen LogP contribution in [0.4, 0.5) is 0 Å². The molecule has 0 amide bonds. The molecule has 1 rings (SSSR count). The molecule has 1 aliphatic heterocycles. The van der Waals surface area contributed by atoms with Crippen molar-refractivity contribution in [2.24, 2.45) is 0 Å². The zero-order valence-electron chi connectivity index (χ0n) is 7.24. The lowest BCUT2D eigenvalue weighted by atomic mass is 10.2. The molecule has 70 valence electrons. The van der Waals surface area contributed by atoms with Gasteiger partial charge >= 0.3 is 0 Å². The monoisotopic (exact) mass is 172 g/mol. The molecule has 0 aromatic heterocycles. The highest BCUT2D eigenvalue weighted by atomic mass is 16.7. The summed E-state index contributed by atoms with van der Waals surface area (Å²) < 4.78 is 10.7. The minimum atomic E-state index is -0.284. The molecule has 3 heteroatoms. The fourth-order valence-electron chi connectivity index (χ4n) is 1.19. The second-order valence-electron chi connectivity index (χ2n) is 2.89. The molecule has 12 heavy (non-hydrogen) atoms.